The number of rotatable bonds is 4. The SMILES string of the molecule is CCNC1CCC(N(C)C(=O)c2ccc(C)c(O)c2)CC1. The summed E-state index contributed by atoms with van der Waals surface area (Å²) >= 11 is 0. The molecule has 1 fully saturated rings. The minimum atomic E-state index is -0.00259. The molecule has 1 aliphatic rings. The molecule has 0 atom stereocenters. The van der Waals surface area contributed by atoms with Crippen molar-refractivity contribution in [3.63, 3.8) is 0 Å². The third-order valence-corrected chi connectivity index (χ3v) is 4.51. The van der Waals surface area contributed by atoms with Crippen molar-refractivity contribution < 1.29 is 9.90 Å². The first-order valence-electron chi connectivity index (χ1n) is 7.83. The smallest absolute Gasteiger partial charge is 0.253 e. The van der Waals surface area contributed by atoms with Crippen molar-refractivity contribution in [2.24, 2.45) is 0 Å². The topological polar surface area (TPSA) is 52.6 Å². The predicted molar refractivity (Wildman–Crippen MR) is 84.7 cm³/mol. The third kappa shape index (κ3) is 3.76. The summed E-state index contributed by atoms with van der Waals surface area (Å²) in [5.74, 6) is 0.183. The highest BCUT2D eigenvalue weighted by Gasteiger charge is 2.26. The molecule has 1 aromatic carbocycles. The number of benzene rings is 1. The fraction of sp³-hybridized carbons (Fsp3) is 0.588. The first kappa shape index (κ1) is 15.8. The highest BCUT2D eigenvalue weighted by atomic mass is 16.3. The number of amides is 1. The van der Waals surface area contributed by atoms with Crippen LogP contribution < -0.4 is 5.32 Å². The van der Waals surface area contributed by atoms with Gasteiger partial charge in [0.05, 0.1) is 0 Å². The van der Waals surface area contributed by atoms with Crippen LogP contribution in [0.2, 0.25) is 0 Å². The lowest BCUT2D eigenvalue weighted by molar-refractivity contribution is 0.0684. The zero-order valence-corrected chi connectivity index (χ0v) is 13.2. The maximum absolute atomic E-state index is 12.5. The number of hydrogen-bond donors (Lipinski definition) is 2. The standard InChI is InChI=1S/C17H26N2O2/c1-4-18-14-7-9-15(10-8-14)19(3)17(21)13-6-5-12(2)16(20)11-13/h5-6,11,14-15,18,20H,4,7-10H2,1-3H3. The summed E-state index contributed by atoms with van der Waals surface area (Å²) in [6, 6.07) is 6.05. The number of nitrogens with zero attached hydrogens (tertiary/aromatic N) is 1. The third-order valence-electron chi connectivity index (χ3n) is 4.51. The zero-order chi connectivity index (χ0) is 15.4. The fourth-order valence-electron chi connectivity index (χ4n) is 3.07. The van der Waals surface area contributed by atoms with Gasteiger partial charge in [0.15, 0.2) is 0 Å². The number of nitrogens with one attached hydrogen (secondary N) is 1. The number of carbonyl (C=O) groups excluding carboxylic acids is 1. The van der Waals surface area contributed by atoms with Crippen LogP contribution in [0.15, 0.2) is 18.2 Å². The predicted octanol–water partition coefficient (Wildman–Crippen LogP) is 2.69. The zero-order valence-electron chi connectivity index (χ0n) is 13.2. The van der Waals surface area contributed by atoms with Crippen LogP contribution in [0.3, 0.4) is 0 Å². The minimum Gasteiger partial charge on any atom is -0.508 e. The van der Waals surface area contributed by atoms with Crippen LogP contribution in [0, 0.1) is 6.92 Å². The van der Waals surface area contributed by atoms with E-state index in [1.165, 1.54) is 0 Å². The van der Waals surface area contributed by atoms with E-state index in [-0.39, 0.29) is 11.7 Å². The van der Waals surface area contributed by atoms with Crippen LogP contribution >= 0.6 is 0 Å². The van der Waals surface area contributed by atoms with Crippen LogP contribution in [0.25, 0.3) is 0 Å². The number of carbonyl (C=O) groups is 1. The van der Waals surface area contributed by atoms with Crippen molar-refractivity contribution in [1.29, 1.82) is 0 Å². The molecule has 0 spiro atoms. The molecule has 4 heteroatoms. The van der Waals surface area contributed by atoms with Crippen LogP contribution in [0.5, 0.6) is 5.75 Å². The quantitative estimate of drug-likeness (QED) is 0.896. The number of phenols is 1. The number of phenolic OH excluding ortho intramolecular Hbond substituents is 1. The van der Waals surface area contributed by atoms with E-state index < -0.39 is 0 Å². The van der Waals surface area contributed by atoms with Crippen molar-refractivity contribution in [2.45, 2.75) is 51.6 Å². The molecule has 2 N–H and O–H groups in total. The van der Waals surface area contributed by atoms with E-state index in [9.17, 15) is 9.90 Å². The molecular formula is C17H26N2O2. The molecule has 0 unspecified atom stereocenters. The maximum Gasteiger partial charge on any atom is 0.253 e. The van der Waals surface area contributed by atoms with Crippen LogP contribution in [0.1, 0.15) is 48.5 Å². The summed E-state index contributed by atoms with van der Waals surface area (Å²) in [4.78, 5) is 14.4. The number of hydrogen-bond acceptors (Lipinski definition) is 3. The van der Waals surface area contributed by atoms with E-state index in [1.807, 2.05) is 18.9 Å². The Morgan fingerprint density at radius 2 is 2.00 bits per heavy atom. The first-order chi connectivity index (χ1) is 10.0. The second-order valence-electron chi connectivity index (χ2n) is 5.98. The van der Waals surface area contributed by atoms with Crippen molar-refractivity contribution in [3.8, 4) is 5.75 Å². The van der Waals surface area contributed by atoms with Gasteiger partial charge in [0, 0.05) is 24.7 Å². The van der Waals surface area contributed by atoms with E-state index in [0.29, 0.717) is 17.6 Å². The molecule has 2 rings (SSSR count). The molecule has 1 saturated carbocycles. The molecule has 1 aliphatic carbocycles. The van der Waals surface area contributed by atoms with Gasteiger partial charge >= 0.3 is 0 Å². The van der Waals surface area contributed by atoms with Crippen molar-refractivity contribution >= 4 is 5.91 Å². The molecular weight excluding hydrogens is 264 g/mol. The Hall–Kier alpha value is -1.55. The molecule has 116 valence electrons. The van der Waals surface area contributed by atoms with Gasteiger partial charge in [0.2, 0.25) is 0 Å². The van der Waals surface area contributed by atoms with E-state index >= 15 is 0 Å². The Labute approximate surface area is 127 Å². The molecule has 1 amide bonds. The Morgan fingerprint density at radius 3 is 2.57 bits per heavy atom. The Bertz CT molecular complexity index is 494. The van der Waals surface area contributed by atoms with Gasteiger partial charge in [-0.05, 0) is 56.8 Å². The summed E-state index contributed by atoms with van der Waals surface area (Å²) in [5, 5.41) is 13.2. The minimum absolute atomic E-state index is 0.00259. The number of aromatic hydroxyl groups is 1. The Balaban J connectivity index is 1.98. The van der Waals surface area contributed by atoms with Gasteiger partial charge in [0.25, 0.3) is 5.91 Å². The largest absolute Gasteiger partial charge is 0.508 e. The monoisotopic (exact) mass is 290 g/mol. The average Bonchev–Trinajstić information content (AvgIpc) is 2.50. The number of aryl methyl sites for hydroxylation is 1. The summed E-state index contributed by atoms with van der Waals surface area (Å²) in [7, 11) is 1.87. The van der Waals surface area contributed by atoms with E-state index in [4.69, 9.17) is 0 Å². The van der Waals surface area contributed by atoms with Crippen LogP contribution in [-0.4, -0.2) is 41.6 Å². The molecule has 0 aliphatic heterocycles. The van der Waals surface area contributed by atoms with Crippen molar-refractivity contribution in [1.82, 2.24) is 10.2 Å². The maximum atomic E-state index is 12.5. The summed E-state index contributed by atoms with van der Waals surface area (Å²) < 4.78 is 0. The Kier molecular flexibility index (Phi) is 5.23. The van der Waals surface area contributed by atoms with E-state index in [1.54, 1.807) is 18.2 Å². The van der Waals surface area contributed by atoms with E-state index in [2.05, 4.69) is 12.2 Å². The summed E-state index contributed by atoms with van der Waals surface area (Å²) in [6.07, 6.45) is 4.32. The van der Waals surface area contributed by atoms with Gasteiger partial charge in [-0.3, -0.25) is 4.79 Å². The van der Waals surface area contributed by atoms with Crippen LogP contribution in [-0.2, 0) is 0 Å². The lowest BCUT2D eigenvalue weighted by Gasteiger charge is -2.35. The van der Waals surface area contributed by atoms with Crippen molar-refractivity contribution in [3.05, 3.63) is 29.3 Å². The average molecular weight is 290 g/mol. The molecule has 21 heavy (non-hydrogen) atoms. The van der Waals surface area contributed by atoms with Gasteiger partial charge in [-0.25, -0.2) is 0 Å². The molecule has 0 saturated heterocycles. The van der Waals surface area contributed by atoms with Gasteiger partial charge < -0.3 is 15.3 Å². The molecule has 4 nitrogen and oxygen atoms in total. The van der Waals surface area contributed by atoms with Crippen LogP contribution in [0.4, 0.5) is 0 Å². The van der Waals surface area contributed by atoms with Gasteiger partial charge in [-0.2, -0.15) is 0 Å². The Morgan fingerprint density at radius 1 is 1.33 bits per heavy atom. The summed E-state index contributed by atoms with van der Waals surface area (Å²) in [5.41, 5.74) is 1.36. The fourth-order valence-corrected chi connectivity index (χ4v) is 3.07. The van der Waals surface area contributed by atoms with Gasteiger partial charge in [-0.1, -0.05) is 13.0 Å². The molecule has 0 heterocycles. The van der Waals surface area contributed by atoms with Gasteiger partial charge in [0.1, 0.15) is 5.75 Å². The summed E-state index contributed by atoms with van der Waals surface area (Å²) in [6.45, 7) is 4.97. The molecule has 0 aromatic heterocycles. The normalized spacial score (nSPS) is 22.0. The lowest BCUT2D eigenvalue weighted by atomic mass is 9.90. The first-order valence-corrected chi connectivity index (χ1v) is 7.83. The lowest BCUT2D eigenvalue weighted by Crippen LogP contribution is -2.43. The highest BCUT2D eigenvalue weighted by Crippen LogP contribution is 2.25. The van der Waals surface area contributed by atoms with Gasteiger partial charge in [-0.15, -0.1) is 0 Å². The van der Waals surface area contributed by atoms with Crippen molar-refractivity contribution in [2.75, 3.05) is 13.6 Å². The molecule has 0 bridgehead atoms. The molecule has 1 aromatic rings. The van der Waals surface area contributed by atoms with E-state index in [0.717, 1.165) is 37.8 Å². The highest BCUT2D eigenvalue weighted by molar-refractivity contribution is 5.94. The second kappa shape index (κ2) is 6.94. The second-order valence-corrected chi connectivity index (χ2v) is 5.98. The molecule has 0 radical (unpaired) electrons.